The normalized spacial score (nSPS) is 18.0. The van der Waals surface area contributed by atoms with Gasteiger partial charge in [0.2, 0.25) is 0 Å². The summed E-state index contributed by atoms with van der Waals surface area (Å²) in [7, 11) is 4.66. The van der Waals surface area contributed by atoms with Crippen molar-refractivity contribution in [2.24, 2.45) is 0 Å². The molecule has 0 aliphatic carbocycles. The molecule has 7 rings (SSSR count). The topological polar surface area (TPSA) is 213 Å². The minimum atomic E-state index is -0.917. The third-order valence-corrected chi connectivity index (χ3v) is 10.6. The summed E-state index contributed by atoms with van der Waals surface area (Å²) in [6.07, 6.45) is 0. The summed E-state index contributed by atoms with van der Waals surface area (Å²) in [5.74, 6) is 1.42. The van der Waals surface area contributed by atoms with E-state index in [0.29, 0.717) is 144 Å². The van der Waals surface area contributed by atoms with Crippen LogP contribution >= 0.6 is 0 Å². The maximum Gasteiger partial charge on any atom is 0.306 e. The molecular formula is C43H52N6O13. The van der Waals surface area contributed by atoms with Crippen molar-refractivity contribution in [2.45, 2.75) is 26.9 Å². The fourth-order valence-corrected chi connectivity index (χ4v) is 7.84. The summed E-state index contributed by atoms with van der Waals surface area (Å²) in [6, 6.07) is 12.6. The monoisotopic (exact) mass is 860 g/mol. The van der Waals surface area contributed by atoms with Gasteiger partial charge in [-0.25, -0.2) is 0 Å². The molecule has 1 fully saturated rings. The van der Waals surface area contributed by atoms with Crippen LogP contribution in [-0.2, 0) is 32.0 Å². The van der Waals surface area contributed by atoms with Gasteiger partial charge in [0, 0.05) is 78.3 Å². The minimum absolute atomic E-state index is 0.176. The molecule has 0 spiro atoms. The number of hydrogen-bond donors (Lipinski definition) is 1. The lowest BCUT2D eigenvalue weighted by Gasteiger charge is -2.26. The first-order chi connectivity index (χ1) is 29.9. The highest BCUT2D eigenvalue weighted by Crippen LogP contribution is 2.50. The summed E-state index contributed by atoms with van der Waals surface area (Å²) in [5, 5.41) is 39.5. The van der Waals surface area contributed by atoms with Gasteiger partial charge in [0.15, 0.2) is 5.69 Å². The van der Waals surface area contributed by atoms with Crippen molar-refractivity contribution >= 4 is 28.4 Å². The number of anilines is 2. The Hall–Kier alpha value is -5.96. The molecule has 19 nitrogen and oxygen atoms in total. The van der Waals surface area contributed by atoms with E-state index in [1.54, 1.807) is 26.4 Å². The van der Waals surface area contributed by atoms with E-state index in [4.69, 9.17) is 33.2 Å². The van der Waals surface area contributed by atoms with E-state index in [0.717, 1.165) is 22.3 Å². The zero-order valence-electron chi connectivity index (χ0n) is 35.6. The van der Waals surface area contributed by atoms with Gasteiger partial charge in [-0.05, 0) is 49.2 Å². The zero-order valence-corrected chi connectivity index (χ0v) is 35.6. The van der Waals surface area contributed by atoms with Gasteiger partial charge < -0.3 is 38.5 Å². The largest absolute Gasteiger partial charge is 0.496 e. The molecule has 332 valence electrons. The molecule has 3 aliphatic rings. The number of aryl methyl sites for hydroxylation is 2. The molecule has 4 aromatic carbocycles. The van der Waals surface area contributed by atoms with Gasteiger partial charge in [0.05, 0.1) is 101 Å². The summed E-state index contributed by atoms with van der Waals surface area (Å²) < 4.78 is 42.8. The van der Waals surface area contributed by atoms with Gasteiger partial charge in [-0.1, -0.05) is 12.1 Å². The van der Waals surface area contributed by atoms with Crippen molar-refractivity contribution in [3.63, 3.8) is 0 Å². The van der Waals surface area contributed by atoms with Crippen LogP contribution in [0.25, 0.3) is 22.3 Å². The highest BCUT2D eigenvalue weighted by Gasteiger charge is 2.32. The number of fused-ring (bicyclic) bond motifs is 14. The Labute approximate surface area is 358 Å². The van der Waals surface area contributed by atoms with Crippen LogP contribution in [0, 0.1) is 44.2 Å². The van der Waals surface area contributed by atoms with Crippen molar-refractivity contribution < 1.29 is 47.9 Å². The number of benzene rings is 4. The lowest BCUT2D eigenvalue weighted by Crippen LogP contribution is -2.33. The van der Waals surface area contributed by atoms with Crippen molar-refractivity contribution in [1.29, 1.82) is 0 Å². The van der Waals surface area contributed by atoms with Gasteiger partial charge in [-0.2, -0.15) is 0 Å². The number of nitrogens with one attached hydrogen (secondary N) is 1. The van der Waals surface area contributed by atoms with Crippen LogP contribution in [-0.4, -0.2) is 125 Å². The van der Waals surface area contributed by atoms with Gasteiger partial charge >= 0.3 is 11.4 Å². The standard InChI is InChI=1S/C43H52N6O13/c1-28-18-30-26-45-6-10-59-14-16-61-12-8-46(9-13-62-17-15-60-11-7-45)27-31-19-29(2)21-35(42(31)57-4)37-23-32(22-36(43(37)58-5)34(20-28)41(30)56-3)44-40-38(48(52)53)24-33(47(50)51)25-39(40)49(54)55/h18-25,44H,6-17,26-27H2,1-5H3. The second-order valence-corrected chi connectivity index (χ2v) is 14.9. The van der Waals surface area contributed by atoms with Crippen molar-refractivity contribution in [3.05, 3.63) is 101 Å². The quantitative estimate of drug-likeness (QED) is 0.142. The maximum atomic E-state index is 12.4. The molecule has 1 N–H and O–H groups in total. The predicted molar refractivity (Wildman–Crippen MR) is 230 cm³/mol. The Morgan fingerprint density at radius 3 is 1.23 bits per heavy atom. The molecular weight excluding hydrogens is 809 g/mol. The number of nitro benzene ring substituents is 3. The summed E-state index contributed by atoms with van der Waals surface area (Å²) >= 11 is 0. The lowest BCUT2D eigenvalue weighted by molar-refractivity contribution is -0.401. The Kier molecular flexibility index (Phi) is 15.6. The predicted octanol–water partition coefficient (Wildman–Crippen LogP) is 6.83. The molecule has 3 heterocycles. The van der Waals surface area contributed by atoms with Crippen LogP contribution in [0.5, 0.6) is 17.2 Å². The average Bonchev–Trinajstić information content (AvgIpc) is 3.23. The minimum Gasteiger partial charge on any atom is -0.496 e. The van der Waals surface area contributed by atoms with E-state index in [9.17, 15) is 30.3 Å². The molecule has 3 aliphatic heterocycles. The molecule has 19 heteroatoms. The molecule has 0 atom stereocenters. The smallest absolute Gasteiger partial charge is 0.306 e. The van der Waals surface area contributed by atoms with Crippen LogP contribution in [0.4, 0.5) is 28.4 Å². The number of ether oxygens (including phenoxy) is 7. The summed E-state index contributed by atoms with van der Waals surface area (Å²) in [4.78, 5) is 38.3. The second kappa shape index (κ2) is 21.2. The van der Waals surface area contributed by atoms with E-state index in [1.807, 2.05) is 38.1 Å². The van der Waals surface area contributed by atoms with Gasteiger partial charge in [-0.15, -0.1) is 0 Å². The number of rotatable bonds is 8. The first-order valence-corrected chi connectivity index (χ1v) is 20.1. The van der Waals surface area contributed by atoms with E-state index >= 15 is 0 Å². The molecule has 0 saturated carbocycles. The number of methoxy groups -OCH3 is 3. The van der Waals surface area contributed by atoms with Crippen LogP contribution in [0.2, 0.25) is 0 Å². The number of nitro groups is 3. The van der Waals surface area contributed by atoms with Crippen molar-refractivity contribution in [3.8, 4) is 39.5 Å². The number of hydrogen-bond acceptors (Lipinski definition) is 16. The Bertz CT molecular complexity index is 2110. The molecule has 0 radical (unpaired) electrons. The molecule has 62 heavy (non-hydrogen) atoms. The third-order valence-electron chi connectivity index (χ3n) is 10.6. The molecule has 8 bridgehead atoms. The molecule has 0 amide bonds. The van der Waals surface area contributed by atoms with Crippen molar-refractivity contribution in [2.75, 3.05) is 106 Å². The zero-order chi connectivity index (χ0) is 44.3. The van der Waals surface area contributed by atoms with E-state index in [2.05, 4.69) is 15.1 Å². The van der Waals surface area contributed by atoms with E-state index < -0.39 is 37.5 Å². The highest BCUT2D eigenvalue weighted by atomic mass is 16.6. The van der Waals surface area contributed by atoms with Crippen LogP contribution in [0.15, 0.2) is 48.5 Å². The van der Waals surface area contributed by atoms with E-state index in [1.165, 1.54) is 7.11 Å². The Morgan fingerprint density at radius 1 is 0.516 bits per heavy atom. The summed E-state index contributed by atoms with van der Waals surface area (Å²) in [5.41, 5.74) is 2.73. The van der Waals surface area contributed by atoms with E-state index in [-0.39, 0.29) is 5.69 Å². The Morgan fingerprint density at radius 2 is 0.887 bits per heavy atom. The van der Waals surface area contributed by atoms with Gasteiger partial charge in [0.1, 0.15) is 17.2 Å². The molecule has 1 saturated heterocycles. The number of nitrogens with zero attached hydrogens (tertiary/aromatic N) is 5. The number of non-ortho nitro benzene ring substituents is 1. The van der Waals surface area contributed by atoms with Gasteiger partial charge in [0.25, 0.3) is 5.69 Å². The van der Waals surface area contributed by atoms with Crippen LogP contribution in [0.3, 0.4) is 0 Å². The summed E-state index contributed by atoms with van der Waals surface area (Å²) in [6.45, 7) is 10.6. The molecule has 0 unspecified atom stereocenters. The maximum absolute atomic E-state index is 12.4. The molecule has 0 aromatic heterocycles. The van der Waals surface area contributed by atoms with Gasteiger partial charge in [-0.3, -0.25) is 40.1 Å². The SMILES string of the molecule is COc1c2cc(C)cc1-c1cc(Nc3c([N+](=O)[O-])cc([N+](=O)[O-])cc3[N+](=O)[O-])cc(c1OC)-c1cc(C)cc(c1OC)CN1CCOCCOCCN(CCOCCOCC1)C2. The van der Waals surface area contributed by atoms with Crippen molar-refractivity contribution in [1.82, 2.24) is 9.80 Å². The Balaban J connectivity index is 1.67. The fourth-order valence-electron chi connectivity index (χ4n) is 7.84. The second-order valence-electron chi connectivity index (χ2n) is 14.9. The van der Waals surface area contributed by atoms with Crippen LogP contribution in [0.1, 0.15) is 22.3 Å². The lowest BCUT2D eigenvalue weighted by atomic mass is 9.91. The average molecular weight is 861 g/mol. The fraction of sp³-hybridized carbons (Fsp3) is 0.442. The first-order valence-electron chi connectivity index (χ1n) is 20.1. The first kappa shape index (κ1) is 45.6. The highest BCUT2D eigenvalue weighted by molar-refractivity contribution is 5.93. The van der Waals surface area contributed by atoms with Crippen LogP contribution < -0.4 is 19.5 Å². The third kappa shape index (κ3) is 10.9. The molecule has 4 aromatic rings.